The average molecular weight is 169 g/mol. The highest BCUT2D eigenvalue weighted by atomic mass is 16.2. The average Bonchev–Trinajstić information content (AvgIpc) is 2.23. The molecule has 4 nitrogen and oxygen atoms in total. The van der Waals surface area contributed by atoms with Gasteiger partial charge in [-0.25, -0.2) is 0 Å². The fourth-order valence-electron chi connectivity index (χ4n) is 1.98. The van der Waals surface area contributed by atoms with Crippen LogP contribution in [0.2, 0.25) is 0 Å². The number of likely N-dealkylation sites (N-methyl/N-ethyl adjacent to an activating group) is 1. The van der Waals surface area contributed by atoms with E-state index in [2.05, 4.69) is 11.9 Å². The van der Waals surface area contributed by atoms with Crippen LogP contribution >= 0.6 is 0 Å². The van der Waals surface area contributed by atoms with Crippen molar-refractivity contribution in [1.82, 2.24) is 9.80 Å². The van der Waals surface area contributed by atoms with Gasteiger partial charge in [0.15, 0.2) is 0 Å². The molecule has 2 heterocycles. The number of hydrogen-bond donors (Lipinski definition) is 1. The number of nitrogens with zero attached hydrogens (tertiary/aromatic N) is 2. The van der Waals surface area contributed by atoms with Crippen LogP contribution in [0.3, 0.4) is 0 Å². The van der Waals surface area contributed by atoms with Crippen molar-refractivity contribution < 1.29 is 4.79 Å². The predicted molar refractivity (Wildman–Crippen MR) is 45.6 cm³/mol. The monoisotopic (exact) mass is 169 g/mol. The lowest BCUT2D eigenvalue weighted by Gasteiger charge is -2.41. The van der Waals surface area contributed by atoms with E-state index in [1.165, 1.54) is 0 Å². The Labute approximate surface area is 72.3 Å². The van der Waals surface area contributed by atoms with Crippen LogP contribution in [0.1, 0.15) is 6.42 Å². The Balaban J connectivity index is 1.92. The van der Waals surface area contributed by atoms with E-state index >= 15 is 0 Å². The summed E-state index contributed by atoms with van der Waals surface area (Å²) in [6, 6.07) is 0.513. The maximum Gasteiger partial charge on any atom is 0.224 e. The summed E-state index contributed by atoms with van der Waals surface area (Å²) in [7, 11) is 2.07. The van der Waals surface area contributed by atoms with Crippen LogP contribution < -0.4 is 5.73 Å². The fourth-order valence-corrected chi connectivity index (χ4v) is 1.98. The molecule has 12 heavy (non-hydrogen) atoms. The van der Waals surface area contributed by atoms with Gasteiger partial charge in [-0.3, -0.25) is 4.79 Å². The Morgan fingerprint density at radius 1 is 1.42 bits per heavy atom. The fraction of sp³-hybridized carbons (Fsp3) is 0.875. The molecule has 68 valence electrons. The number of carbonyl (C=O) groups is 1. The van der Waals surface area contributed by atoms with Crippen molar-refractivity contribution in [1.29, 1.82) is 0 Å². The third kappa shape index (κ3) is 1.21. The summed E-state index contributed by atoms with van der Waals surface area (Å²) < 4.78 is 0. The first kappa shape index (κ1) is 8.01. The minimum atomic E-state index is 0.0726. The van der Waals surface area contributed by atoms with E-state index < -0.39 is 0 Å². The topological polar surface area (TPSA) is 49.6 Å². The summed E-state index contributed by atoms with van der Waals surface area (Å²) in [6.45, 7) is 2.79. The number of amides is 1. The summed E-state index contributed by atoms with van der Waals surface area (Å²) in [4.78, 5) is 15.5. The SMILES string of the molecule is CN1CC(N2CC(N)CC2=O)C1. The molecule has 2 rings (SSSR count). The molecular weight excluding hydrogens is 154 g/mol. The van der Waals surface area contributed by atoms with Crippen molar-refractivity contribution in [3.63, 3.8) is 0 Å². The summed E-state index contributed by atoms with van der Waals surface area (Å²) >= 11 is 0. The molecule has 4 heteroatoms. The smallest absolute Gasteiger partial charge is 0.224 e. The molecule has 0 radical (unpaired) electrons. The van der Waals surface area contributed by atoms with E-state index in [-0.39, 0.29) is 11.9 Å². The second kappa shape index (κ2) is 2.71. The third-order valence-electron chi connectivity index (χ3n) is 2.67. The Morgan fingerprint density at radius 2 is 2.08 bits per heavy atom. The largest absolute Gasteiger partial charge is 0.336 e. The summed E-state index contributed by atoms with van der Waals surface area (Å²) in [6.07, 6.45) is 0.542. The molecule has 2 aliphatic heterocycles. The zero-order valence-electron chi connectivity index (χ0n) is 7.36. The Hall–Kier alpha value is -0.610. The van der Waals surface area contributed by atoms with Crippen LogP contribution in [0.15, 0.2) is 0 Å². The van der Waals surface area contributed by atoms with Gasteiger partial charge in [0.2, 0.25) is 5.91 Å². The van der Waals surface area contributed by atoms with Crippen molar-refractivity contribution in [3.05, 3.63) is 0 Å². The predicted octanol–water partition coefficient (Wildman–Crippen LogP) is -1.14. The van der Waals surface area contributed by atoms with Gasteiger partial charge in [0.25, 0.3) is 0 Å². The molecule has 1 unspecified atom stereocenters. The first-order chi connectivity index (χ1) is 5.66. The van der Waals surface area contributed by atoms with E-state index in [9.17, 15) is 4.79 Å². The molecule has 2 aliphatic rings. The zero-order valence-corrected chi connectivity index (χ0v) is 7.36. The molecule has 0 bridgehead atoms. The zero-order chi connectivity index (χ0) is 8.72. The second-order valence-electron chi connectivity index (χ2n) is 3.89. The van der Waals surface area contributed by atoms with Gasteiger partial charge >= 0.3 is 0 Å². The van der Waals surface area contributed by atoms with Crippen LogP contribution in [0.4, 0.5) is 0 Å². The van der Waals surface area contributed by atoms with Gasteiger partial charge < -0.3 is 15.5 Å². The van der Waals surface area contributed by atoms with Gasteiger partial charge in [0.1, 0.15) is 0 Å². The number of hydrogen-bond acceptors (Lipinski definition) is 3. The van der Waals surface area contributed by atoms with E-state index in [0.717, 1.165) is 19.6 Å². The van der Waals surface area contributed by atoms with Crippen LogP contribution in [0, 0.1) is 0 Å². The van der Waals surface area contributed by atoms with E-state index in [1.54, 1.807) is 0 Å². The normalized spacial score (nSPS) is 32.7. The molecule has 0 aromatic carbocycles. The first-order valence-corrected chi connectivity index (χ1v) is 4.40. The van der Waals surface area contributed by atoms with Gasteiger partial charge in [0, 0.05) is 32.1 Å². The molecule has 0 aromatic heterocycles. The molecule has 2 fully saturated rings. The molecule has 2 saturated heterocycles. The van der Waals surface area contributed by atoms with E-state index in [4.69, 9.17) is 5.73 Å². The van der Waals surface area contributed by atoms with Gasteiger partial charge in [-0.15, -0.1) is 0 Å². The minimum Gasteiger partial charge on any atom is -0.336 e. The molecule has 2 N–H and O–H groups in total. The lowest BCUT2D eigenvalue weighted by Crippen LogP contribution is -2.58. The van der Waals surface area contributed by atoms with Crippen molar-refractivity contribution in [3.8, 4) is 0 Å². The molecule has 0 saturated carbocycles. The van der Waals surface area contributed by atoms with Crippen LogP contribution in [0.5, 0.6) is 0 Å². The van der Waals surface area contributed by atoms with Crippen molar-refractivity contribution in [2.45, 2.75) is 18.5 Å². The Morgan fingerprint density at radius 3 is 2.50 bits per heavy atom. The quantitative estimate of drug-likeness (QED) is 0.540. The highest BCUT2D eigenvalue weighted by Gasteiger charge is 2.37. The molecule has 0 aliphatic carbocycles. The minimum absolute atomic E-state index is 0.0726. The Kier molecular flexibility index (Phi) is 1.81. The van der Waals surface area contributed by atoms with E-state index in [1.807, 2.05) is 4.90 Å². The molecule has 0 spiro atoms. The Bertz CT molecular complexity index is 200. The highest BCUT2D eigenvalue weighted by molar-refractivity contribution is 5.79. The summed E-state index contributed by atoms with van der Waals surface area (Å²) in [5.41, 5.74) is 5.69. The van der Waals surface area contributed by atoms with Gasteiger partial charge in [-0.1, -0.05) is 0 Å². The number of rotatable bonds is 1. The second-order valence-corrected chi connectivity index (χ2v) is 3.89. The van der Waals surface area contributed by atoms with Crippen molar-refractivity contribution in [2.24, 2.45) is 5.73 Å². The van der Waals surface area contributed by atoms with Crippen LogP contribution in [-0.2, 0) is 4.79 Å². The molecule has 1 amide bonds. The van der Waals surface area contributed by atoms with Gasteiger partial charge in [-0.05, 0) is 7.05 Å². The molecule has 1 atom stereocenters. The summed E-state index contributed by atoms with van der Waals surface area (Å²) in [5.74, 6) is 0.237. The third-order valence-corrected chi connectivity index (χ3v) is 2.67. The van der Waals surface area contributed by atoms with Gasteiger partial charge in [0.05, 0.1) is 6.04 Å². The number of carbonyl (C=O) groups excluding carboxylic acids is 1. The molecule has 0 aromatic rings. The summed E-state index contributed by atoms with van der Waals surface area (Å²) in [5, 5.41) is 0. The number of nitrogens with two attached hydrogens (primary N) is 1. The number of likely N-dealkylation sites (tertiary alicyclic amines) is 2. The van der Waals surface area contributed by atoms with Gasteiger partial charge in [-0.2, -0.15) is 0 Å². The van der Waals surface area contributed by atoms with Crippen LogP contribution in [0.25, 0.3) is 0 Å². The lowest BCUT2D eigenvalue weighted by molar-refractivity contribution is -0.132. The molecular formula is C8H15N3O. The highest BCUT2D eigenvalue weighted by Crippen LogP contribution is 2.19. The van der Waals surface area contributed by atoms with Crippen LogP contribution in [-0.4, -0.2) is 54.5 Å². The standard InChI is InChI=1S/C8H15N3O/c1-10-4-7(5-10)11-3-6(9)2-8(11)12/h6-7H,2-5,9H2,1H3. The first-order valence-electron chi connectivity index (χ1n) is 4.40. The lowest BCUT2D eigenvalue weighted by atomic mass is 10.1. The van der Waals surface area contributed by atoms with Crippen molar-refractivity contribution >= 4 is 5.91 Å². The van der Waals surface area contributed by atoms with E-state index in [0.29, 0.717) is 12.5 Å². The van der Waals surface area contributed by atoms with Crippen molar-refractivity contribution in [2.75, 3.05) is 26.7 Å². The maximum absolute atomic E-state index is 11.4. The maximum atomic E-state index is 11.4.